The van der Waals surface area contributed by atoms with Crippen molar-refractivity contribution in [1.82, 2.24) is 10.2 Å². The second kappa shape index (κ2) is 7.23. The van der Waals surface area contributed by atoms with Crippen molar-refractivity contribution in [2.45, 2.75) is 13.3 Å². The molecule has 1 aliphatic rings. The number of piperazine rings is 1. The largest absolute Gasteiger partial charge is 0.368 e. The van der Waals surface area contributed by atoms with Crippen molar-refractivity contribution in [3.63, 3.8) is 0 Å². The van der Waals surface area contributed by atoms with Gasteiger partial charge in [0.2, 0.25) is 0 Å². The van der Waals surface area contributed by atoms with Gasteiger partial charge in [-0.2, -0.15) is 0 Å². The molecule has 0 aromatic heterocycles. The minimum atomic E-state index is 0.988. The van der Waals surface area contributed by atoms with Crippen LogP contribution in [0.3, 0.4) is 0 Å². The van der Waals surface area contributed by atoms with E-state index in [1.165, 1.54) is 5.70 Å². The van der Waals surface area contributed by atoms with E-state index < -0.39 is 0 Å². The third kappa shape index (κ3) is 4.30. The molecule has 0 amide bonds. The number of nitrogens with one attached hydrogen (secondary N) is 1. The Morgan fingerprint density at radius 3 is 2.73 bits per heavy atom. The Balaban J connectivity index is 2.58. The highest BCUT2D eigenvalue weighted by molar-refractivity contribution is 5.77. The van der Waals surface area contributed by atoms with Gasteiger partial charge < -0.3 is 10.2 Å². The smallest absolute Gasteiger partial charge is 0.0511 e. The molecule has 1 fully saturated rings. The summed E-state index contributed by atoms with van der Waals surface area (Å²) in [6, 6.07) is 0. The van der Waals surface area contributed by atoms with Crippen molar-refractivity contribution >= 4 is 6.21 Å². The van der Waals surface area contributed by atoms with Crippen LogP contribution < -0.4 is 5.32 Å². The fraction of sp³-hybridized carbons (Fsp3) is 0.583. The molecule has 0 saturated carbocycles. The lowest BCUT2D eigenvalue weighted by Gasteiger charge is -2.29. The molecule has 15 heavy (non-hydrogen) atoms. The van der Waals surface area contributed by atoms with Crippen LogP contribution in [0.5, 0.6) is 0 Å². The highest BCUT2D eigenvalue weighted by Gasteiger charge is 2.10. The summed E-state index contributed by atoms with van der Waals surface area (Å²) < 4.78 is 0. The lowest BCUT2D eigenvalue weighted by molar-refractivity contribution is 0.312. The molecule has 0 aromatic carbocycles. The number of rotatable bonds is 4. The van der Waals surface area contributed by atoms with Gasteiger partial charge in [0.1, 0.15) is 0 Å². The van der Waals surface area contributed by atoms with Crippen molar-refractivity contribution < 1.29 is 0 Å². The Bertz CT molecular complexity index is 248. The van der Waals surface area contributed by atoms with Gasteiger partial charge in [-0.1, -0.05) is 18.2 Å². The fourth-order valence-electron chi connectivity index (χ4n) is 1.64. The minimum Gasteiger partial charge on any atom is -0.368 e. The van der Waals surface area contributed by atoms with Crippen LogP contribution in [0.25, 0.3) is 0 Å². The molecular weight excluding hydrogens is 186 g/mol. The zero-order valence-electron chi connectivity index (χ0n) is 9.74. The first kappa shape index (κ1) is 12.0. The summed E-state index contributed by atoms with van der Waals surface area (Å²) in [6.45, 7) is 6.34. The van der Waals surface area contributed by atoms with Crippen LogP contribution in [-0.4, -0.2) is 44.3 Å². The minimum absolute atomic E-state index is 0.988. The van der Waals surface area contributed by atoms with Crippen LogP contribution in [0.15, 0.2) is 28.9 Å². The van der Waals surface area contributed by atoms with E-state index in [0.717, 1.165) is 32.6 Å². The van der Waals surface area contributed by atoms with Crippen molar-refractivity contribution in [2.24, 2.45) is 4.99 Å². The van der Waals surface area contributed by atoms with E-state index in [0.29, 0.717) is 0 Å². The SMILES string of the molecule is C/C=C/C/C=C(\C=N/C)N1CCNCC1. The van der Waals surface area contributed by atoms with Crippen LogP contribution >= 0.6 is 0 Å². The van der Waals surface area contributed by atoms with Crippen molar-refractivity contribution in [3.05, 3.63) is 23.9 Å². The van der Waals surface area contributed by atoms with Gasteiger partial charge >= 0.3 is 0 Å². The molecule has 0 spiro atoms. The Morgan fingerprint density at radius 2 is 2.13 bits per heavy atom. The molecule has 0 atom stereocenters. The summed E-state index contributed by atoms with van der Waals surface area (Å²) in [5, 5.41) is 3.35. The van der Waals surface area contributed by atoms with Gasteiger partial charge in [0.05, 0.1) is 5.70 Å². The number of allylic oxidation sites excluding steroid dienone is 4. The van der Waals surface area contributed by atoms with Gasteiger partial charge in [-0.25, -0.2) is 0 Å². The van der Waals surface area contributed by atoms with Gasteiger partial charge in [0, 0.05) is 39.4 Å². The molecule has 1 aliphatic heterocycles. The van der Waals surface area contributed by atoms with Gasteiger partial charge in [0.25, 0.3) is 0 Å². The first-order valence-electron chi connectivity index (χ1n) is 5.57. The zero-order chi connectivity index (χ0) is 10.9. The van der Waals surface area contributed by atoms with E-state index in [1.807, 2.05) is 20.2 Å². The third-order valence-electron chi connectivity index (χ3n) is 2.44. The Morgan fingerprint density at radius 1 is 1.40 bits per heavy atom. The third-order valence-corrected chi connectivity index (χ3v) is 2.44. The maximum Gasteiger partial charge on any atom is 0.0511 e. The number of hydrogen-bond acceptors (Lipinski definition) is 3. The normalized spacial score (nSPS) is 19.3. The van der Waals surface area contributed by atoms with E-state index in [2.05, 4.69) is 33.4 Å². The molecule has 0 bridgehead atoms. The second-order valence-electron chi connectivity index (χ2n) is 3.56. The zero-order valence-corrected chi connectivity index (χ0v) is 9.74. The standard InChI is InChI=1S/C12H21N3/c1-3-4-5-6-12(11-13-2)15-9-7-14-8-10-15/h3-4,6,11,14H,5,7-10H2,1-2H3/b4-3+,12-6+,13-11-. The van der Waals surface area contributed by atoms with Crippen molar-refractivity contribution in [1.29, 1.82) is 0 Å². The number of aliphatic imine (C=N–C) groups is 1. The summed E-state index contributed by atoms with van der Waals surface area (Å²) in [5.41, 5.74) is 1.25. The summed E-state index contributed by atoms with van der Waals surface area (Å²) >= 11 is 0. The predicted octanol–water partition coefficient (Wildman–Crippen LogP) is 1.44. The molecule has 1 N–H and O–H groups in total. The van der Waals surface area contributed by atoms with Gasteiger partial charge in [0.15, 0.2) is 0 Å². The lowest BCUT2D eigenvalue weighted by atomic mass is 10.2. The molecule has 0 aromatic rings. The molecule has 3 heteroatoms. The Hall–Kier alpha value is -1.09. The fourth-order valence-corrected chi connectivity index (χ4v) is 1.64. The average Bonchev–Trinajstić information content (AvgIpc) is 2.29. The summed E-state index contributed by atoms with van der Waals surface area (Å²) in [5.74, 6) is 0. The van der Waals surface area contributed by atoms with E-state index in [4.69, 9.17) is 0 Å². The van der Waals surface area contributed by atoms with Crippen LogP contribution in [0.2, 0.25) is 0 Å². The molecule has 0 aliphatic carbocycles. The van der Waals surface area contributed by atoms with Gasteiger partial charge in [-0.05, 0) is 13.3 Å². The molecule has 1 heterocycles. The Kier molecular flexibility index (Phi) is 5.78. The second-order valence-corrected chi connectivity index (χ2v) is 3.56. The van der Waals surface area contributed by atoms with Crippen LogP contribution in [0, 0.1) is 0 Å². The molecule has 0 unspecified atom stereocenters. The number of nitrogens with zero attached hydrogens (tertiary/aromatic N) is 2. The van der Waals surface area contributed by atoms with Crippen molar-refractivity contribution in [3.8, 4) is 0 Å². The van der Waals surface area contributed by atoms with Gasteiger partial charge in [-0.3, -0.25) is 4.99 Å². The van der Waals surface area contributed by atoms with Crippen LogP contribution in [0.1, 0.15) is 13.3 Å². The van der Waals surface area contributed by atoms with E-state index in [-0.39, 0.29) is 0 Å². The van der Waals surface area contributed by atoms with Crippen molar-refractivity contribution in [2.75, 3.05) is 33.2 Å². The highest BCUT2D eigenvalue weighted by Crippen LogP contribution is 2.05. The highest BCUT2D eigenvalue weighted by atomic mass is 15.2. The molecule has 1 saturated heterocycles. The molecule has 3 nitrogen and oxygen atoms in total. The quantitative estimate of drug-likeness (QED) is 0.558. The van der Waals surface area contributed by atoms with E-state index in [9.17, 15) is 0 Å². The van der Waals surface area contributed by atoms with E-state index >= 15 is 0 Å². The first-order valence-corrected chi connectivity index (χ1v) is 5.57. The number of hydrogen-bond donors (Lipinski definition) is 1. The van der Waals surface area contributed by atoms with E-state index in [1.54, 1.807) is 0 Å². The molecule has 84 valence electrons. The average molecular weight is 207 g/mol. The summed E-state index contributed by atoms with van der Waals surface area (Å²) in [6.07, 6.45) is 9.41. The maximum absolute atomic E-state index is 4.11. The topological polar surface area (TPSA) is 27.6 Å². The summed E-state index contributed by atoms with van der Waals surface area (Å²) in [4.78, 5) is 6.49. The molecule has 0 radical (unpaired) electrons. The molecular formula is C12H21N3. The molecule has 1 rings (SSSR count). The lowest BCUT2D eigenvalue weighted by Crippen LogP contribution is -2.43. The predicted molar refractivity (Wildman–Crippen MR) is 66.4 cm³/mol. The van der Waals surface area contributed by atoms with Crippen LogP contribution in [0.4, 0.5) is 0 Å². The van der Waals surface area contributed by atoms with Gasteiger partial charge in [-0.15, -0.1) is 0 Å². The van der Waals surface area contributed by atoms with Crippen LogP contribution in [-0.2, 0) is 0 Å². The maximum atomic E-state index is 4.11. The monoisotopic (exact) mass is 207 g/mol. The Labute approximate surface area is 92.6 Å². The first-order chi connectivity index (χ1) is 7.38. The summed E-state index contributed by atoms with van der Waals surface area (Å²) in [7, 11) is 1.83.